The maximum atomic E-state index is 9.70. The molecule has 0 aromatic heterocycles. The number of hydrogen-bond acceptors (Lipinski definition) is 4. The second-order valence-corrected chi connectivity index (χ2v) is 2.68. The van der Waals surface area contributed by atoms with Crippen LogP contribution in [0.4, 0.5) is 0 Å². The van der Waals surface area contributed by atoms with E-state index in [9.17, 15) is 13.2 Å². The summed E-state index contributed by atoms with van der Waals surface area (Å²) in [7, 11) is -4.85. The molecule has 0 spiro atoms. The molecule has 0 aromatic carbocycles. The first-order valence-corrected chi connectivity index (χ1v) is 3.23. The van der Waals surface area contributed by atoms with Crippen molar-refractivity contribution in [2.45, 2.75) is 5.44 Å². The van der Waals surface area contributed by atoms with Crippen LogP contribution >= 0.6 is 0 Å². The predicted octanol–water partition coefficient (Wildman–Crippen LogP) is -1.88. The zero-order chi connectivity index (χ0) is 7.65. The van der Waals surface area contributed by atoms with E-state index >= 15 is 0 Å². The van der Waals surface area contributed by atoms with Crippen LogP contribution in [0.5, 0.6) is 0 Å². The van der Waals surface area contributed by atoms with Crippen LogP contribution in [-0.2, 0) is 14.9 Å². The molecule has 0 rings (SSSR count). The fraction of sp³-hybridized carbons (Fsp3) is 0.500. The SMILES string of the molecule is O=C(O)C(O)S(=O)(=O)O.[H-].[H-].[Mg+2]. The zero-order valence-electron chi connectivity index (χ0n) is 6.76. The number of carboxylic acid groups (broad SMARTS) is 1. The summed E-state index contributed by atoms with van der Waals surface area (Å²) in [5, 5.41) is 15.8. The van der Waals surface area contributed by atoms with Gasteiger partial charge in [0.2, 0.25) is 0 Å². The van der Waals surface area contributed by atoms with Crippen LogP contribution in [0.1, 0.15) is 2.85 Å². The van der Waals surface area contributed by atoms with Crippen LogP contribution in [0.2, 0.25) is 0 Å². The number of aliphatic carboxylic acids is 1. The van der Waals surface area contributed by atoms with Gasteiger partial charge in [0.15, 0.2) is 0 Å². The standard InChI is InChI=1S/C2H4O6S.Mg.2H/c3-1(4)2(5)9(6,7)8;;;/h2,5H,(H,3,4)(H,6,7,8);;;/q;+2;2*-1. The summed E-state index contributed by atoms with van der Waals surface area (Å²) in [5.74, 6) is -2.00. The van der Waals surface area contributed by atoms with E-state index in [4.69, 9.17) is 14.8 Å². The van der Waals surface area contributed by atoms with Crippen LogP contribution in [-0.4, -0.2) is 57.6 Å². The Morgan fingerprint density at radius 2 is 1.80 bits per heavy atom. The van der Waals surface area contributed by atoms with Crippen molar-refractivity contribution < 1.29 is 30.8 Å². The van der Waals surface area contributed by atoms with Crippen molar-refractivity contribution in [1.82, 2.24) is 0 Å². The molecule has 0 bridgehead atoms. The minimum Gasteiger partial charge on any atom is -1.00 e. The molecule has 58 valence electrons. The van der Waals surface area contributed by atoms with Gasteiger partial charge in [0.1, 0.15) is 0 Å². The Morgan fingerprint density at radius 1 is 1.50 bits per heavy atom. The molecule has 0 aliphatic carbocycles. The Morgan fingerprint density at radius 3 is 1.80 bits per heavy atom. The topological polar surface area (TPSA) is 112 Å². The largest absolute Gasteiger partial charge is 2.00 e. The second-order valence-electron chi connectivity index (χ2n) is 1.21. The van der Waals surface area contributed by atoms with Gasteiger partial charge in [0.25, 0.3) is 5.44 Å². The molecule has 8 heteroatoms. The molecule has 0 heterocycles. The molecule has 6 nitrogen and oxygen atoms in total. The molecule has 0 fully saturated rings. The summed E-state index contributed by atoms with van der Waals surface area (Å²) in [4.78, 5) is 9.56. The van der Waals surface area contributed by atoms with Crippen LogP contribution in [0.15, 0.2) is 0 Å². The molecule has 0 aliphatic rings. The van der Waals surface area contributed by atoms with Crippen molar-refractivity contribution in [2.24, 2.45) is 0 Å². The molecule has 0 aliphatic heterocycles. The third-order valence-electron chi connectivity index (χ3n) is 0.493. The van der Waals surface area contributed by atoms with Crippen molar-refractivity contribution >= 4 is 39.1 Å². The Bertz CT molecular complexity index is 214. The molecule has 3 N–H and O–H groups in total. The van der Waals surface area contributed by atoms with Crippen LogP contribution in [0.3, 0.4) is 0 Å². The second kappa shape index (κ2) is 4.08. The summed E-state index contributed by atoms with van der Waals surface area (Å²) >= 11 is 0. The smallest absolute Gasteiger partial charge is 1.00 e. The fourth-order valence-electron chi connectivity index (χ4n) is 0.127. The van der Waals surface area contributed by atoms with Gasteiger partial charge in [-0.1, -0.05) is 0 Å². The quantitative estimate of drug-likeness (QED) is 0.340. The number of aliphatic hydroxyl groups excluding tert-OH is 1. The molecule has 1 unspecified atom stereocenters. The van der Waals surface area contributed by atoms with E-state index < -0.39 is 21.5 Å². The van der Waals surface area contributed by atoms with Crippen molar-refractivity contribution in [3.63, 3.8) is 0 Å². The van der Waals surface area contributed by atoms with Gasteiger partial charge in [-0.25, -0.2) is 4.79 Å². The summed E-state index contributed by atoms with van der Waals surface area (Å²) in [6.45, 7) is 0. The van der Waals surface area contributed by atoms with E-state index in [1.807, 2.05) is 0 Å². The van der Waals surface area contributed by atoms with Crippen LogP contribution < -0.4 is 0 Å². The summed E-state index contributed by atoms with van der Waals surface area (Å²) < 4.78 is 27.2. The van der Waals surface area contributed by atoms with Gasteiger partial charge in [-0.05, 0) is 0 Å². The molecule has 0 saturated carbocycles. The van der Waals surface area contributed by atoms with Gasteiger partial charge in [-0.15, -0.1) is 0 Å². The maximum Gasteiger partial charge on any atom is 2.00 e. The monoisotopic (exact) mass is 182 g/mol. The number of carboxylic acids is 1. The Balaban J connectivity index is -0.000000107. The average Bonchev–Trinajstić information content (AvgIpc) is 1.62. The van der Waals surface area contributed by atoms with E-state index in [0.717, 1.165) is 0 Å². The van der Waals surface area contributed by atoms with Crippen molar-refractivity contribution in [3.05, 3.63) is 0 Å². The van der Waals surface area contributed by atoms with Gasteiger partial charge in [0, 0.05) is 0 Å². The first-order valence-electron chi connectivity index (χ1n) is 1.73. The van der Waals surface area contributed by atoms with Gasteiger partial charge < -0.3 is 13.1 Å². The van der Waals surface area contributed by atoms with Crippen LogP contribution in [0, 0.1) is 0 Å². The number of aliphatic hydroxyl groups is 1. The van der Waals surface area contributed by atoms with E-state index in [2.05, 4.69) is 0 Å². The normalized spacial score (nSPS) is 13.4. The Kier molecular flexibility index (Phi) is 5.21. The summed E-state index contributed by atoms with van der Waals surface area (Å²) in [6.07, 6.45) is 0. The molecule has 0 saturated heterocycles. The molecule has 0 aromatic rings. The van der Waals surface area contributed by atoms with Crippen molar-refractivity contribution in [3.8, 4) is 0 Å². The van der Waals surface area contributed by atoms with Crippen molar-refractivity contribution in [2.75, 3.05) is 0 Å². The van der Waals surface area contributed by atoms with Gasteiger partial charge in [-0.3, -0.25) is 4.55 Å². The number of hydrogen-bond donors (Lipinski definition) is 3. The Labute approximate surface area is 75.7 Å². The third kappa shape index (κ3) is 4.01. The van der Waals surface area contributed by atoms with E-state index in [-0.39, 0.29) is 25.9 Å². The molecule has 1 atom stereocenters. The van der Waals surface area contributed by atoms with E-state index in [1.54, 1.807) is 0 Å². The minimum atomic E-state index is -4.85. The molecular formula is C2H6MgO6S. The van der Waals surface area contributed by atoms with Crippen LogP contribution in [0.25, 0.3) is 0 Å². The fourth-order valence-corrected chi connectivity index (χ4v) is 0.382. The van der Waals surface area contributed by atoms with Gasteiger partial charge >= 0.3 is 39.1 Å². The Hall–Kier alpha value is 0.106. The average molecular weight is 182 g/mol. The van der Waals surface area contributed by atoms with E-state index in [0.29, 0.717) is 0 Å². The molecule has 0 amide bonds. The third-order valence-corrected chi connectivity index (χ3v) is 1.26. The number of carbonyl (C=O) groups is 1. The first-order chi connectivity index (χ1) is 3.85. The molecular weight excluding hydrogens is 176 g/mol. The molecule has 0 radical (unpaired) electrons. The number of rotatable bonds is 2. The van der Waals surface area contributed by atoms with E-state index in [1.165, 1.54) is 0 Å². The predicted molar refractivity (Wildman–Crippen MR) is 33.2 cm³/mol. The zero-order valence-corrected chi connectivity index (χ0v) is 6.99. The van der Waals surface area contributed by atoms with Gasteiger partial charge in [-0.2, -0.15) is 8.42 Å². The summed E-state index contributed by atoms with van der Waals surface area (Å²) in [6, 6.07) is 0. The van der Waals surface area contributed by atoms with Gasteiger partial charge in [0.05, 0.1) is 0 Å². The first kappa shape index (κ1) is 12.8. The maximum absolute atomic E-state index is 9.70. The van der Waals surface area contributed by atoms with Crippen molar-refractivity contribution in [1.29, 1.82) is 0 Å². The molecule has 10 heavy (non-hydrogen) atoms. The summed E-state index contributed by atoms with van der Waals surface area (Å²) in [5.41, 5.74) is -2.74. The minimum absolute atomic E-state index is 0.